The minimum absolute atomic E-state index is 0.0989. The molecule has 130 valence electrons. The van der Waals surface area contributed by atoms with Crippen molar-refractivity contribution in [2.24, 2.45) is 0 Å². The van der Waals surface area contributed by atoms with Gasteiger partial charge in [-0.15, -0.1) is 0 Å². The van der Waals surface area contributed by atoms with Gasteiger partial charge in [-0.25, -0.2) is 8.42 Å². The second-order valence-electron chi connectivity index (χ2n) is 6.45. The van der Waals surface area contributed by atoms with Gasteiger partial charge < -0.3 is 0 Å². The predicted octanol–water partition coefficient (Wildman–Crippen LogP) is 4.01. The predicted molar refractivity (Wildman–Crippen MR) is 104 cm³/mol. The van der Waals surface area contributed by atoms with Crippen LogP contribution < -0.4 is 5.56 Å². The third-order valence-electron chi connectivity index (χ3n) is 4.56. The van der Waals surface area contributed by atoms with Gasteiger partial charge in [0, 0.05) is 10.8 Å². The third kappa shape index (κ3) is 2.44. The molecule has 0 atom stereocenters. The average Bonchev–Trinajstić information content (AvgIpc) is 2.62. The lowest BCUT2D eigenvalue weighted by atomic mass is 10.0. The van der Waals surface area contributed by atoms with Crippen LogP contribution in [-0.4, -0.2) is 12.4 Å². The number of nitrogens with zero attached hydrogens (tertiary/aromatic N) is 1. The van der Waals surface area contributed by atoms with Gasteiger partial charge in [0.25, 0.3) is 15.6 Å². The molecule has 1 aromatic heterocycles. The summed E-state index contributed by atoms with van der Waals surface area (Å²) in [6, 6.07) is 19.1. The second-order valence-corrected chi connectivity index (χ2v) is 8.24. The molecular formula is C21H17NO3S. The summed E-state index contributed by atoms with van der Waals surface area (Å²) < 4.78 is 27.4. The summed E-state index contributed by atoms with van der Waals surface area (Å²) in [6.07, 6.45) is 0. The molecule has 0 spiro atoms. The number of aromatic nitrogens is 1. The van der Waals surface area contributed by atoms with Gasteiger partial charge in [0.2, 0.25) is 0 Å². The van der Waals surface area contributed by atoms with Crippen molar-refractivity contribution >= 4 is 31.7 Å². The molecule has 4 aromatic rings. The zero-order valence-corrected chi connectivity index (χ0v) is 15.2. The van der Waals surface area contributed by atoms with Crippen molar-refractivity contribution in [1.82, 2.24) is 3.97 Å². The van der Waals surface area contributed by atoms with E-state index < -0.39 is 15.6 Å². The number of fused-ring (bicyclic) bond motifs is 3. The van der Waals surface area contributed by atoms with E-state index >= 15 is 0 Å². The van der Waals surface area contributed by atoms with Gasteiger partial charge in [-0.05, 0) is 43.5 Å². The second kappa shape index (κ2) is 5.81. The number of rotatable bonds is 2. The fourth-order valence-electron chi connectivity index (χ4n) is 3.22. The lowest BCUT2D eigenvalue weighted by Crippen LogP contribution is -2.28. The van der Waals surface area contributed by atoms with Crippen molar-refractivity contribution in [3.63, 3.8) is 0 Å². The fourth-order valence-corrected chi connectivity index (χ4v) is 4.64. The Bertz CT molecular complexity index is 1320. The fraction of sp³-hybridized carbons (Fsp3) is 0.0952. The van der Waals surface area contributed by atoms with Gasteiger partial charge >= 0.3 is 0 Å². The molecule has 1 heterocycles. The zero-order valence-electron chi connectivity index (χ0n) is 14.4. The first-order valence-electron chi connectivity index (χ1n) is 8.26. The van der Waals surface area contributed by atoms with Gasteiger partial charge in [-0.1, -0.05) is 53.6 Å². The Hall–Kier alpha value is -2.92. The van der Waals surface area contributed by atoms with Crippen molar-refractivity contribution in [3.05, 3.63) is 88.2 Å². The highest BCUT2D eigenvalue weighted by molar-refractivity contribution is 7.90. The Morgan fingerprint density at radius 2 is 1.38 bits per heavy atom. The highest BCUT2D eigenvalue weighted by atomic mass is 32.2. The molecule has 0 amide bonds. The van der Waals surface area contributed by atoms with Crippen molar-refractivity contribution in [3.8, 4) is 0 Å². The first-order valence-corrected chi connectivity index (χ1v) is 9.70. The third-order valence-corrected chi connectivity index (χ3v) is 6.27. The molecule has 0 aliphatic rings. The van der Waals surface area contributed by atoms with Crippen LogP contribution >= 0.6 is 0 Å². The smallest absolute Gasteiger partial charge is 0.268 e. The Balaban J connectivity index is 2.19. The summed E-state index contributed by atoms with van der Waals surface area (Å²) in [5.74, 6) is 0. The van der Waals surface area contributed by atoms with E-state index in [1.807, 2.05) is 38.1 Å². The Morgan fingerprint density at radius 1 is 0.731 bits per heavy atom. The van der Waals surface area contributed by atoms with Crippen molar-refractivity contribution in [1.29, 1.82) is 0 Å². The van der Waals surface area contributed by atoms with E-state index in [2.05, 4.69) is 0 Å². The van der Waals surface area contributed by atoms with Crippen molar-refractivity contribution in [2.45, 2.75) is 18.7 Å². The molecule has 4 rings (SSSR count). The molecule has 0 saturated heterocycles. The SMILES string of the molecule is Cc1ccc(S(=O)(=O)n2c(=O)c3ccc(C)cc3c3ccccc32)cc1. The highest BCUT2D eigenvalue weighted by Crippen LogP contribution is 2.26. The molecule has 0 unspecified atom stereocenters. The molecule has 0 radical (unpaired) electrons. The Morgan fingerprint density at radius 3 is 2.12 bits per heavy atom. The molecule has 0 bridgehead atoms. The quantitative estimate of drug-likeness (QED) is 0.506. The summed E-state index contributed by atoms with van der Waals surface area (Å²) in [6.45, 7) is 3.83. The van der Waals surface area contributed by atoms with Crippen LogP contribution in [0.1, 0.15) is 11.1 Å². The minimum atomic E-state index is -4.01. The highest BCUT2D eigenvalue weighted by Gasteiger charge is 2.23. The maximum Gasteiger partial charge on any atom is 0.272 e. The summed E-state index contributed by atoms with van der Waals surface area (Å²) in [5, 5.41) is 1.90. The number of para-hydroxylation sites is 1. The standard InChI is InChI=1S/C21H17NO3S/c1-14-7-10-16(11-8-14)26(24,25)22-20-6-4-3-5-17(20)19-13-15(2)9-12-18(19)21(22)23/h3-13H,1-2H3. The van der Waals surface area contributed by atoms with Gasteiger partial charge in [-0.3, -0.25) is 4.79 Å². The first kappa shape index (κ1) is 16.5. The largest absolute Gasteiger partial charge is 0.272 e. The summed E-state index contributed by atoms with van der Waals surface area (Å²) in [5.41, 5.74) is 1.83. The van der Waals surface area contributed by atoms with Gasteiger partial charge in [0.05, 0.1) is 10.4 Å². The van der Waals surface area contributed by atoms with E-state index in [1.165, 1.54) is 12.1 Å². The lowest BCUT2D eigenvalue weighted by Gasteiger charge is -2.14. The van der Waals surface area contributed by atoms with Crippen LogP contribution in [0.25, 0.3) is 21.7 Å². The van der Waals surface area contributed by atoms with Gasteiger partial charge in [0.15, 0.2) is 0 Å². The van der Waals surface area contributed by atoms with E-state index in [-0.39, 0.29) is 4.90 Å². The number of hydrogen-bond acceptors (Lipinski definition) is 3. The summed E-state index contributed by atoms with van der Waals surface area (Å²) >= 11 is 0. The van der Waals surface area contributed by atoms with Gasteiger partial charge in [-0.2, -0.15) is 3.97 Å². The normalized spacial score (nSPS) is 11.9. The Labute approximate surface area is 151 Å². The molecule has 3 aromatic carbocycles. The molecule has 26 heavy (non-hydrogen) atoms. The van der Waals surface area contributed by atoms with E-state index in [9.17, 15) is 13.2 Å². The van der Waals surface area contributed by atoms with Crippen LogP contribution in [0, 0.1) is 13.8 Å². The molecule has 0 fully saturated rings. The molecular weight excluding hydrogens is 346 g/mol. The van der Waals surface area contributed by atoms with Crippen molar-refractivity contribution < 1.29 is 8.42 Å². The number of aryl methyl sites for hydroxylation is 2. The Kier molecular flexibility index (Phi) is 3.70. The van der Waals surface area contributed by atoms with E-state index in [0.717, 1.165) is 25.9 Å². The zero-order chi connectivity index (χ0) is 18.5. The van der Waals surface area contributed by atoms with Crippen LogP contribution in [-0.2, 0) is 10.0 Å². The van der Waals surface area contributed by atoms with E-state index in [4.69, 9.17) is 0 Å². The monoisotopic (exact) mass is 363 g/mol. The molecule has 0 N–H and O–H groups in total. The molecule has 5 heteroatoms. The molecule has 0 aliphatic carbocycles. The van der Waals surface area contributed by atoms with Gasteiger partial charge in [0.1, 0.15) is 0 Å². The maximum atomic E-state index is 13.3. The first-order chi connectivity index (χ1) is 12.4. The van der Waals surface area contributed by atoms with Crippen LogP contribution in [0.15, 0.2) is 76.4 Å². The van der Waals surface area contributed by atoms with E-state index in [1.54, 1.807) is 30.3 Å². The van der Waals surface area contributed by atoms with Crippen LogP contribution in [0.3, 0.4) is 0 Å². The summed E-state index contributed by atoms with van der Waals surface area (Å²) in [4.78, 5) is 13.2. The molecule has 0 saturated carbocycles. The van der Waals surface area contributed by atoms with Crippen LogP contribution in [0.5, 0.6) is 0 Å². The average molecular weight is 363 g/mol. The van der Waals surface area contributed by atoms with Crippen LogP contribution in [0.2, 0.25) is 0 Å². The number of hydrogen-bond donors (Lipinski definition) is 0. The minimum Gasteiger partial charge on any atom is -0.268 e. The lowest BCUT2D eigenvalue weighted by molar-refractivity contribution is 0.587. The molecule has 0 aliphatic heterocycles. The molecule has 4 nitrogen and oxygen atoms in total. The topological polar surface area (TPSA) is 56.1 Å². The summed E-state index contributed by atoms with van der Waals surface area (Å²) in [7, 11) is -4.01. The number of benzene rings is 3. The van der Waals surface area contributed by atoms with Crippen molar-refractivity contribution in [2.75, 3.05) is 0 Å². The number of pyridine rings is 1. The van der Waals surface area contributed by atoms with Crippen LogP contribution in [0.4, 0.5) is 0 Å². The van der Waals surface area contributed by atoms with E-state index in [0.29, 0.717) is 10.9 Å². The maximum absolute atomic E-state index is 13.3.